The van der Waals surface area contributed by atoms with E-state index >= 15 is 0 Å². The lowest BCUT2D eigenvalue weighted by molar-refractivity contribution is -0.128. The van der Waals surface area contributed by atoms with Crippen LogP contribution in [0.15, 0.2) is 52.9 Å². The maximum atomic E-state index is 11.3. The number of rotatable bonds is 10. The first-order valence-corrected chi connectivity index (χ1v) is 11.4. The van der Waals surface area contributed by atoms with Crippen molar-refractivity contribution in [2.24, 2.45) is 0 Å². The second-order valence-corrected chi connectivity index (χ2v) is 9.21. The smallest absolute Gasteiger partial charge is 0.219 e. The van der Waals surface area contributed by atoms with Gasteiger partial charge in [-0.3, -0.25) is 4.79 Å². The summed E-state index contributed by atoms with van der Waals surface area (Å²) in [5, 5.41) is 10.2. The first-order valence-electron chi connectivity index (χ1n) is 9.64. The largest absolute Gasteiger partial charge is 0.494 e. The van der Waals surface area contributed by atoms with Gasteiger partial charge in [0.1, 0.15) is 5.75 Å². The van der Waals surface area contributed by atoms with Gasteiger partial charge in [-0.15, -0.1) is 11.3 Å². The predicted octanol–water partition coefficient (Wildman–Crippen LogP) is 4.76. The van der Waals surface area contributed by atoms with Crippen molar-refractivity contribution in [1.82, 2.24) is 9.88 Å². The van der Waals surface area contributed by atoms with Crippen molar-refractivity contribution in [2.75, 3.05) is 26.0 Å². The number of para-hydroxylation sites is 1. The molecule has 5 nitrogen and oxygen atoms in total. The standard InChI is InChI=1S/C22H26N2O3S2/c1-16(25)24(2)15-20(26)17-9-11-18(12-10-17)27-13-5-6-14-28-22-23-19-7-3-4-8-21(19)29-22/h3-4,7-12,20,26H,5-6,13-15H2,1-2H3/t20-/m0/s1. The molecule has 7 heteroatoms. The number of fused-ring (bicyclic) bond motifs is 1. The molecule has 0 aliphatic carbocycles. The Morgan fingerprint density at radius 3 is 2.69 bits per heavy atom. The SMILES string of the molecule is CC(=O)N(C)C[C@H](O)c1ccc(OCCCCSc2nc3ccccc3s2)cc1. The molecule has 1 heterocycles. The maximum Gasteiger partial charge on any atom is 0.219 e. The van der Waals surface area contributed by atoms with Gasteiger partial charge in [0.2, 0.25) is 5.91 Å². The van der Waals surface area contributed by atoms with Crippen molar-refractivity contribution < 1.29 is 14.6 Å². The number of unbranched alkanes of at least 4 members (excludes halogenated alkanes) is 1. The molecule has 0 fully saturated rings. The Hall–Kier alpha value is -2.09. The van der Waals surface area contributed by atoms with Crippen molar-refractivity contribution >= 4 is 39.2 Å². The quantitative estimate of drug-likeness (QED) is 0.371. The van der Waals surface area contributed by atoms with Gasteiger partial charge in [-0.25, -0.2) is 4.98 Å². The molecule has 0 unspecified atom stereocenters. The van der Waals surface area contributed by atoms with Crippen molar-refractivity contribution in [3.63, 3.8) is 0 Å². The maximum absolute atomic E-state index is 11.3. The number of carbonyl (C=O) groups is 1. The summed E-state index contributed by atoms with van der Waals surface area (Å²) in [5.74, 6) is 1.75. The van der Waals surface area contributed by atoms with Crippen molar-refractivity contribution in [3.05, 3.63) is 54.1 Å². The number of aromatic nitrogens is 1. The minimum Gasteiger partial charge on any atom is -0.494 e. The highest BCUT2D eigenvalue weighted by Gasteiger charge is 2.12. The molecule has 1 atom stereocenters. The number of hydrogen-bond acceptors (Lipinski definition) is 6. The third-order valence-electron chi connectivity index (χ3n) is 4.56. The van der Waals surface area contributed by atoms with Crippen LogP contribution >= 0.6 is 23.1 Å². The first-order chi connectivity index (χ1) is 14.0. The number of hydrogen-bond donors (Lipinski definition) is 1. The van der Waals surface area contributed by atoms with E-state index in [-0.39, 0.29) is 12.5 Å². The zero-order valence-corrected chi connectivity index (χ0v) is 18.3. The molecule has 154 valence electrons. The Morgan fingerprint density at radius 2 is 1.97 bits per heavy atom. The summed E-state index contributed by atoms with van der Waals surface area (Å²) >= 11 is 3.55. The predicted molar refractivity (Wildman–Crippen MR) is 120 cm³/mol. The van der Waals surface area contributed by atoms with Crippen LogP contribution in [0.1, 0.15) is 31.4 Å². The van der Waals surface area contributed by atoms with Crippen LogP contribution in [0.25, 0.3) is 10.2 Å². The summed E-state index contributed by atoms with van der Waals surface area (Å²) in [6, 6.07) is 15.6. The fourth-order valence-electron chi connectivity index (χ4n) is 2.75. The van der Waals surface area contributed by atoms with E-state index in [0.29, 0.717) is 6.61 Å². The number of thiazole rings is 1. The van der Waals surface area contributed by atoms with Gasteiger partial charge >= 0.3 is 0 Å². The number of ether oxygens (including phenoxy) is 1. The van der Waals surface area contributed by atoms with Crippen LogP contribution in [0.5, 0.6) is 5.75 Å². The van der Waals surface area contributed by atoms with Gasteiger partial charge in [-0.2, -0.15) is 0 Å². The molecule has 0 aliphatic rings. The molecule has 29 heavy (non-hydrogen) atoms. The van der Waals surface area contributed by atoms with Crippen molar-refractivity contribution in [3.8, 4) is 5.75 Å². The molecular weight excluding hydrogens is 404 g/mol. The van der Waals surface area contributed by atoms with Crippen LogP contribution in [0.4, 0.5) is 0 Å². The second-order valence-electron chi connectivity index (χ2n) is 6.84. The summed E-state index contributed by atoms with van der Waals surface area (Å²) in [5.41, 5.74) is 1.85. The second kappa shape index (κ2) is 10.6. The third kappa shape index (κ3) is 6.45. The van der Waals surface area contributed by atoms with Crippen LogP contribution in [-0.2, 0) is 4.79 Å². The highest BCUT2D eigenvalue weighted by Crippen LogP contribution is 2.29. The fraction of sp³-hybridized carbons (Fsp3) is 0.364. The van der Waals surface area contributed by atoms with Gasteiger partial charge in [0.05, 0.1) is 29.5 Å². The van der Waals surface area contributed by atoms with Crippen LogP contribution < -0.4 is 4.74 Å². The van der Waals surface area contributed by atoms with Crippen molar-refractivity contribution in [1.29, 1.82) is 0 Å². The average Bonchev–Trinajstić information content (AvgIpc) is 3.13. The number of benzene rings is 2. The lowest BCUT2D eigenvalue weighted by atomic mass is 10.1. The van der Waals surface area contributed by atoms with Gasteiger partial charge < -0.3 is 14.7 Å². The Morgan fingerprint density at radius 1 is 1.21 bits per heavy atom. The first kappa shape index (κ1) is 21.6. The van der Waals surface area contributed by atoms with Gasteiger partial charge in [-0.05, 0) is 42.7 Å². The molecule has 2 aromatic carbocycles. The molecule has 3 aromatic rings. The van der Waals surface area contributed by atoms with Gasteiger partial charge in [0.25, 0.3) is 0 Å². The van der Waals surface area contributed by atoms with Gasteiger partial charge in [0.15, 0.2) is 4.34 Å². The van der Waals surface area contributed by atoms with Crippen molar-refractivity contribution in [2.45, 2.75) is 30.2 Å². The van der Waals surface area contributed by atoms with Gasteiger partial charge in [0, 0.05) is 19.7 Å². The van der Waals surface area contributed by atoms with E-state index in [0.717, 1.165) is 39.8 Å². The van der Waals surface area contributed by atoms with E-state index in [2.05, 4.69) is 17.1 Å². The number of thioether (sulfide) groups is 1. The van der Waals surface area contributed by atoms with Crippen LogP contribution in [0.2, 0.25) is 0 Å². The summed E-state index contributed by atoms with van der Waals surface area (Å²) in [6.45, 7) is 2.43. The minimum absolute atomic E-state index is 0.0645. The van der Waals surface area contributed by atoms with E-state index < -0.39 is 6.10 Å². The van der Waals surface area contributed by atoms with E-state index in [9.17, 15) is 9.90 Å². The monoisotopic (exact) mass is 430 g/mol. The lowest BCUT2D eigenvalue weighted by Gasteiger charge is -2.19. The average molecular weight is 431 g/mol. The topological polar surface area (TPSA) is 62.7 Å². The molecule has 0 spiro atoms. The number of carbonyl (C=O) groups excluding carboxylic acids is 1. The van der Waals surface area contributed by atoms with Crippen LogP contribution in [0, 0.1) is 0 Å². The Labute approximate surface area is 179 Å². The number of likely N-dealkylation sites (N-methyl/N-ethyl adjacent to an activating group) is 1. The Kier molecular flexibility index (Phi) is 7.91. The molecule has 0 bridgehead atoms. The van der Waals surface area contributed by atoms with Gasteiger partial charge in [-0.1, -0.05) is 36.0 Å². The molecule has 0 saturated heterocycles. The molecule has 0 aliphatic heterocycles. The van der Waals surface area contributed by atoms with E-state index in [4.69, 9.17) is 4.74 Å². The zero-order chi connectivity index (χ0) is 20.6. The molecule has 0 radical (unpaired) electrons. The number of nitrogens with zero attached hydrogens (tertiary/aromatic N) is 2. The number of aliphatic hydroxyl groups is 1. The summed E-state index contributed by atoms with van der Waals surface area (Å²) in [4.78, 5) is 17.4. The summed E-state index contributed by atoms with van der Waals surface area (Å²) < 4.78 is 8.15. The minimum atomic E-state index is -0.697. The van der Waals surface area contributed by atoms with E-state index in [1.807, 2.05) is 36.4 Å². The fourth-order valence-corrected chi connectivity index (χ4v) is 4.88. The third-order valence-corrected chi connectivity index (χ3v) is 6.82. The molecule has 0 saturated carbocycles. The highest BCUT2D eigenvalue weighted by atomic mass is 32.2. The zero-order valence-electron chi connectivity index (χ0n) is 16.7. The molecular formula is C22H26N2O3S2. The Balaban J connectivity index is 1.34. The number of amides is 1. The van der Waals surface area contributed by atoms with Crippen LogP contribution in [-0.4, -0.2) is 46.8 Å². The highest BCUT2D eigenvalue weighted by molar-refractivity contribution is 8.01. The van der Waals surface area contributed by atoms with E-state index in [1.54, 1.807) is 30.1 Å². The summed E-state index contributed by atoms with van der Waals surface area (Å²) in [7, 11) is 1.68. The number of aliphatic hydroxyl groups excluding tert-OH is 1. The Bertz CT molecular complexity index is 894. The normalized spacial score (nSPS) is 12.1. The molecule has 3 rings (SSSR count). The lowest BCUT2D eigenvalue weighted by Crippen LogP contribution is -2.28. The van der Waals surface area contributed by atoms with E-state index in [1.165, 1.54) is 16.5 Å². The summed E-state index contributed by atoms with van der Waals surface area (Å²) in [6.07, 6.45) is 1.35. The molecule has 1 aromatic heterocycles. The van der Waals surface area contributed by atoms with Crippen LogP contribution in [0.3, 0.4) is 0 Å². The molecule has 1 N–H and O–H groups in total. The molecule has 1 amide bonds.